The summed E-state index contributed by atoms with van der Waals surface area (Å²) in [6, 6.07) is 9.75. The minimum atomic E-state index is -3.79. The number of rotatable bonds is 6. The Morgan fingerprint density at radius 2 is 1.74 bits per heavy atom. The number of carbonyl (C=O) groups is 1. The van der Waals surface area contributed by atoms with Crippen molar-refractivity contribution in [3.8, 4) is 0 Å². The molecule has 1 N–H and O–H groups in total. The highest BCUT2D eigenvalue weighted by molar-refractivity contribution is 7.92. The molecule has 2 aromatic rings. The Labute approximate surface area is 160 Å². The van der Waals surface area contributed by atoms with Crippen LogP contribution in [-0.4, -0.2) is 26.6 Å². The second-order valence-corrected chi connectivity index (χ2v) is 8.65. The Bertz CT molecular complexity index is 944. The first-order valence-corrected chi connectivity index (χ1v) is 10.5. The highest BCUT2D eigenvalue weighted by atomic mass is 32.2. The van der Waals surface area contributed by atoms with Gasteiger partial charge < -0.3 is 5.32 Å². The topological polar surface area (TPSA) is 66.5 Å². The number of hydrogen-bond acceptors (Lipinski definition) is 3. The molecule has 27 heavy (non-hydrogen) atoms. The molecule has 0 aromatic heterocycles. The lowest BCUT2D eigenvalue weighted by atomic mass is 10.0. The van der Waals surface area contributed by atoms with Gasteiger partial charge in [0.05, 0.1) is 18.0 Å². The summed E-state index contributed by atoms with van der Waals surface area (Å²) in [4.78, 5) is 12.7. The van der Waals surface area contributed by atoms with Gasteiger partial charge in [-0.1, -0.05) is 24.3 Å². The van der Waals surface area contributed by atoms with Gasteiger partial charge in [0.15, 0.2) is 0 Å². The average molecular weight is 392 g/mol. The van der Waals surface area contributed by atoms with Crippen LogP contribution in [0.4, 0.5) is 10.1 Å². The van der Waals surface area contributed by atoms with Crippen molar-refractivity contribution < 1.29 is 17.6 Å². The molecule has 0 spiro atoms. The third-order valence-electron chi connectivity index (χ3n) is 4.54. The van der Waals surface area contributed by atoms with E-state index in [0.29, 0.717) is 0 Å². The number of halogens is 1. The zero-order valence-electron chi connectivity index (χ0n) is 16.2. The van der Waals surface area contributed by atoms with Crippen LogP contribution in [0.15, 0.2) is 42.5 Å². The van der Waals surface area contributed by atoms with Gasteiger partial charge >= 0.3 is 0 Å². The van der Waals surface area contributed by atoms with Crippen molar-refractivity contribution in [2.45, 2.75) is 39.8 Å². The fraction of sp³-hybridized carbons (Fsp3) is 0.350. The summed E-state index contributed by atoms with van der Waals surface area (Å²) in [5.74, 6) is -1.03. The van der Waals surface area contributed by atoms with Crippen LogP contribution >= 0.6 is 0 Å². The van der Waals surface area contributed by atoms with E-state index < -0.39 is 27.8 Å². The summed E-state index contributed by atoms with van der Waals surface area (Å²) in [5, 5.41) is 2.84. The highest BCUT2D eigenvalue weighted by Gasteiger charge is 2.30. The summed E-state index contributed by atoms with van der Waals surface area (Å²) in [5.41, 5.74) is 3.30. The van der Waals surface area contributed by atoms with Crippen molar-refractivity contribution in [1.29, 1.82) is 0 Å². The predicted molar refractivity (Wildman–Crippen MR) is 106 cm³/mol. The molecule has 0 aliphatic heterocycles. The maximum atomic E-state index is 13.6. The van der Waals surface area contributed by atoms with Crippen molar-refractivity contribution in [1.82, 2.24) is 5.32 Å². The lowest BCUT2D eigenvalue weighted by molar-refractivity contribution is -0.122. The number of nitrogens with zero attached hydrogens (tertiary/aromatic N) is 1. The van der Waals surface area contributed by atoms with Crippen LogP contribution in [0.5, 0.6) is 0 Å². The van der Waals surface area contributed by atoms with Crippen molar-refractivity contribution in [3.05, 3.63) is 65.0 Å². The molecule has 0 aliphatic rings. The molecule has 0 heterocycles. The Morgan fingerprint density at radius 3 is 2.30 bits per heavy atom. The molecule has 0 fully saturated rings. The molecule has 0 unspecified atom stereocenters. The molecule has 2 atom stereocenters. The molecule has 146 valence electrons. The molecule has 2 rings (SSSR count). The summed E-state index contributed by atoms with van der Waals surface area (Å²) >= 11 is 0. The number of benzene rings is 2. The maximum absolute atomic E-state index is 13.6. The number of aryl methyl sites for hydroxylation is 2. The fourth-order valence-electron chi connectivity index (χ4n) is 2.87. The molecule has 0 saturated carbocycles. The van der Waals surface area contributed by atoms with Crippen LogP contribution in [0.25, 0.3) is 0 Å². The van der Waals surface area contributed by atoms with E-state index in [-0.39, 0.29) is 11.7 Å². The van der Waals surface area contributed by atoms with Gasteiger partial charge in [-0.2, -0.15) is 0 Å². The Morgan fingerprint density at radius 1 is 1.07 bits per heavy atom. The second-order valence-electron chi connectivity index (χ2n) is 6.79. The minimum absolute atomic E-state index is 0.110. The van der Waals surface area contributed by atoms with Crippen LogP contribution < -0.4 is 9.62 Å². The molecule has 5 nitrogen and oxygen atoms in total. The van der Waals surface area contributed by atoms with Gasteiger partial charge in [-0.3, -0.25) is 9.10 Å². The van der Waals surface area contributed by atoms with E-state index >= 15 is 0 Å². The summed E-state index contributed by atoms with van der Waals surface area (Å²) in [6.07, 6.45) is 0.994. The Hall–Kier alpha value is -2.41. The van der Waals surface area contributed by atoms with Gasteiger partial charge in [0.1, 0.15) is 11.9 Å². The molecule has 7 heteroatoms. The highest BCUT2D eigenvalue weighted by Crippen LogP contribution is 2.23. The van der Waals surface area contributed by atoms with Gasteiger partial charge in [0.2, 0.25) is 15.9 Å². The van der Waals surface area contributed by atoms with Crippen LogP contribution in [0.2, 0.25) is 0 Å². The van der Waals surface area contributed by atoms with Crippen LogP contribution in [-0.2, 0) is 14.8 Å². The number of sulfonamides is 1. The van der Waals surface area contributed by atoms with E-state index in [1.54, 1.807) is 0 Å². The quantitative estimate of drug-likeness (QED) is 0.819. The number of nitrogens with one attached hydrogen (secondary N) is 1. The van der Waals surface area contributed by atoms with E-state index in [1.807, 2.05) is 39.0 Å². The minimum Gasteiger partial charge on any atom is -0.348 e. The molecule has 0 bridgehead atoms. The van der Waals surface area contributed by atoms with Crippen molar-refractivity contribution >= 4 is 21.6 Å². The monoisotopic (exact) mass is 392 g/mol. The first-order chi connectivity index (χ1) is 12.5. The zero-order valence-corrected chi connectivity index (χ0v) is 17.0. The van der Waals surface area contributed by atoms with Gasteiger partial charge in [-0.25, -0.2) is 12.8 Å². The van der Waals surface area contributed by atoms with Crippen LogP contribution in [0.3, 0.4) is 0 Å². The first-order valence-electron chi connectivity index (χ1n) is 8.63. The standard InChI is InChI=1S/C20H25FN2O3S/c1-13-9-10-17(11-14(13)2)15(3)22-20(24)16(4)23(27(5,25)26)19-8-6-7-18(21)12-19/h6-12,15-16H,1-5H3,(H,22,24)/t15-,16-/m1/s1. The molecule has 0 radical (unpaired) electrons. The second kappa shape index (κ2) is 8.08. The lowest BCUT2D eigenvalue weighted by Gasteiger charge is -2.29. The average Bonchev–Trinajstić information content (AvgIpc) is 2.56. The summed E-state index contributed by atoms with van der Waals surface area (Å²) < 4.78 is 39.0. The molecular weight excluding hydrogens is 367 g/mol. The Balaban J connectivity index is 2.25. The van der Waals surface area contributed by atoms with E-state index in [2.05, 4.69) is 5.32 Å². The summed E-state index contributed by atoms with van der Waals surface area (Å²) in [7, 11) is -3.79. The molecule has 2 aromatic carbocycles. The number of hydrogen-bond donors (Lipinski definition) is 1. The SMILES string of the molecule is Cc1ccc([C@@H](C)NC(=O)[C@@H](C)N(c2cccc(F)c2)S(C)(=O)=O)cc1C. The largest absolute Gasteiger partial charge is 0.348 e. The molecular formula is C20H25FN2O3S. The van der Waals surface area contributed by atoms with Crippen molar-refractivity contribution in [2.75, 3.05) is 10.6 Å². The van der Waals surface area contributed by atoms with Gasteiger partial charge in [-0.15, -0.1) is 0 Å². The normalized spacial score (nSPS) is 13.7. The van der Waals surface area contributed by atoms with E-state index in [1.165, 1.54) is 25.1 Å². The van der Waals surface area contributed by atoms with Gasteiger partial charge in [0.25, 0.3) is 0 Å². The van der Waals surface area contributed by atoms with Gasteiger partial charge in [0, 0.05) is 0 Å². The van der Waals surface area contributed by atoms with Crippen LogP contribution in [0, 0.1) is 19.7 Å². The lowest BCUT2D eigenvalue weighted by Crippen LogP contribution is -2.48. The zero-order chi connectivity index (χ0) is 20.4. The summed E-state index contributed by atoms with van der Waals surface area (Å²) in [6.45, 7) is 7.31. The van der Waals surface area contributed by atoms with Crippen molar-refractivity contribution in [2.24, 2.45) is 0 Å². The third kappa shape index (κ3) is 5.07. The van der Waals surface area contributed by atoms with Gasteiger partial charge in [-0.05, 0) is 62.6 Å². The number of anilines is 1. The third-order valence-corrected chi connectivity index (χ3v) is 5.78. The maximum Gasteiger partial charge on any atom is 0.244 e. The number of carbonyl (C=O) groups excluding carboxylic acids is 1. The van der Waals surface area contributed by atoms with Crippen LogP contribution in [0.1, 0.15) is 36.6 Å². The Kier molecular flexibility index (Phi) is 6.26. The smallest absolute Gasteiger partial charge is 0.244 e. The molecule has 0 aliphatic carbocycles. The van der Waals surface area contributed by atoms with E-state index in [9.17, 15) is 17.6 Å². The van der Waals surface area contributed by atoms with E-state index in [4.69, 9.17) is 0 Å². The van der Waals surface area contributed by atoms with Crippen molar-refractivity contribution in [3.63, 3.8) is 0 Å². The molecule has 0 saturated heterocycles. The van der Waals surface area contributed by atoms with E-state index in [0.717, 1.165) is 33.3 Å². The fourth-order valence-corrected chi connectivity index (χ4v) is 4.04. The first kappa shape index (κ1) is 20.9. The number of amides is 1. The molecule has 1 amide bonds. The predicted octanol–water partition coefficient (Wildman–Crippen LogP) is 3.47.